The van der Waals surface area contributed by atoms with Gasteiger partial charge in [0.15, 0.2) is 0 Å². The van der Waals surface area contributed by atoms with E-state index in [1.807, 2.05) is 11.3 Å². The molecular weight excluding hydrogens is 294 g/mol. The first-order chi connectivity index (χ1) is 10.7. The van der Waals surface area contributed by atoms with E-state index in [1.54, 1.807) is 0 Å². The molecule has 4 nitrogen and oxygen atoms in total. The summed E-state index contributed by atoms with van der Waals surface area (Å²) in [5, 5.41) is 5.12. The van der Waals surface area contributed by atoms with E-state index < -0.39 is 0 Å². The second-order valence-corrected chi connectivity index (χ2v) is 8.08. The van der Waals surface area contributed by atoms with Gasteiger partial charge in [0.1, 0.15) is 0 Å². The van der Waals surface area contributed by atoms with Gasteiger partial charge in [0, 0.05) is 49.2 Å². The van der Waals surface area contributed by atoms with Gasteiger partial charge in [0.05, 0.1) is 18.2 Å². The molecule has 1 saturated heterocycles. The van der Waals surface area contributed by atoms with E-state index in [2.05, 4.69) is 35.2 Å². The molecular formula is C17H29N3OS. The number of aromatic nitrogens is 1. The predicted molar refractivity (Wildman–Crippen MR) is 91.4 cm³/mol. The zero-order valence-corrected chi connectivity index (χ0v) is 14.7. The van der Waals surface area contributed by atoms with E-state index in [1.165, 1.54) is 29.1 Å². The number of hydrogen-bond acceptors (Lipinski definition) is 5. The summed E-state index contributed by atoms with van der Waals surface area (Å²) in [5.41, 5.74) is 0. The Bertz CT molecular complexity index is 453. The molecule has 0 bridgehead atoms. The Morgan fingerprint density at radius 2 is 2.14 bits per heavy atom. The lowest BCUT2D eigenvalue weighted by Gasteiger charge is -2.32. The Kier molecular flexibility index (Phi) is 5.85. The standard InChI is InChI=1S/C17H29N3OS/c1-13(2)16(12-20-6-8-21-9-7-20)18-10-15-11-19-17(22-15)14-4-3-5-14/h11,13-14,16,18H,3-10,12H2,1-2H3. The molecule has 1 aromatic rings. The number of hydrogen-bond donors (Lipinski definition) is 1. The van der Waals surface area contributed by atoms with Crippen LogP contribution < -0.4 is 5.32 Å². The summed E-state index contributed by atoms with van der Waals surface area (Å²) in [4.78, 5) is 8.53. The van der Waals surface area contributed by atoms with Crippen LogP contribution in [0.3, 0.4) is 0 Å². The second-order valence-electron chi connectivity index (χ2n) is 6.94. The molecule has 2 fully saturated rings. The van der Waals surface area contributed by atoms with Crippen molar-refractivity contribution >= 4 is 11.3 Å². The SMILES string of the molecule is CC(C)C(CN1CCOCC1)NCc1cnc(C2CCC2)s1. The number of rotatable bonds is 7. The highest BCUT2D eigenvalue weighted by Gasteiger charge is 2.23. The smallest absolute Gasteiger partial charge is 0.0959 e. The molecule has 1 unspecified atom stereocenters. The number of ether oxygens (including phenoxy) is 1. The van der Waals surface area contributed by atoms with Crippen LogP contribution in [0.15, 0.2) is 6.20 Å². The van der Waals surface area contributed by atoms with Gasteiger partial charge in [0.2, 0.25) is 0 Å². The van der Waals surface area contributed by atoms with E-state index in [-0.39, 0.29) is 0 Å². The lowest BCUT2D eigenvalue weighted by atomic mass is 9.86. The van der Waals surface area contributed by atoms with Crippen LogP contribution in [0.4, 0.5) is 0 Å². The highest BCUT2D eigenvalue weighted by atomic mass is 32.1. The molecule has 2 heterocycles. The monoisotopic (exact) mass is 323 g/mol. The Morgan fingerprint density at radius 3 is 2.77 bits per heavy atom. The minimum absolute atomic E-state index is 0.535. The van der Waals surface area contributed by atoms with Crippen LogP contribution in [0.5, 0.6) is 0 Å². The molecule has 1 atom stereocenters. The van der Waals surface area contributed by atoms with Crippen molar-refractivity contribution in [1.29, 1.82) is 0 Å². The van der Waals surface area contributed by atoms with Crippen molar-refractivity contribution in [1.82, 2.24) is 15.2 Å². The molecule has 2 aliphatic rings. The molecule has 5 heteroatoms. The molecule has 0 radical (unpaired) electrons. The van der Waals surface area contributed by atoms with Crippen LogP contribution in [-0.2, 0) is 11.3 Å². The van der Waals surface area contributed by atoms with Gasteiger partial charge in [-0.05, 0) is 18.8 Å². The van der Waals surface area contributed by atoms with Crippen molar-refractivity contribution in [3.05, 3.63) is 16.1 Å². The third-order valence-electron chi connectivity index (χ3n) is 4.93. The van der Waals surface area contributed by atoms with Gasteiger partial charge in [-0.1, -0.05) is 20.3 Å². The number of morpholine rings is 1. The maximum atomic E-state index is 5.44. The van der Waals surface area contributed by atoms with E-state index in [9.17, 15) is 0 Å². The van der Waals surface area contributed by atoms with Gasteiger partial charge in [-0.3, -0.25) is 4.90 Å². The number of thiazole rings is 1. The Balaban J connectivity index is 1.48. The topological polar surface area (TPSA) is 37.4 Å². The van der Waals surface area contributed by atoms with E-state index >= 15 is 0 Å². The molecule has 124 valence electrons. The summed E-state index contributed by atoms with van der Waals surface area (Å²) >= 11 is 1.91. The lowest BCUT2D eigenvalue weighted by molar-refractivity contribution is 0.0309. The zero-order valence-electron chi connectivity index (χ0n) is 13.9. The third-order valence-corrected chi connectivity index (χ3v) is 6.09. The fourth-order valence-electron chi connectivity index (χ4n) is 3.05. The summed E-state index contributed by atoms with van der Waals surface area (Å²) in [7, 11) is 0. The summed E-state index contributed by atoms with van der Waals surface area (Å²) in [6, 6.07) is 0.535. The molecule has 0 spiro atoms. The first kappa shape index (κ1) is 16.4. The molecule has 3 rings (SSSR count). The highest BCUT2D eigenvalue weighted by molar-refractivity contribution is 7.11. The summed E-state index contributed by atoms with van der Waals surface area (Å²) < 4.78 is 5.44. The van der Waals surface area contributed by atoms with E-state index in [4.69, 9.17) is 4.74 Å². The van der Waals surface area contributed by atoms with Gasteiger partial charge in [0.25, 0.3) is 0 Å². The van der Waals surface area contributed by atoms with E-state index in [0.717, 1.165) is 45.3 Å². The molecule has 1 aliphatic heterocycles. The first-order valence-electron chi connectivity index (χ1n) is 8.70. The average Bonchev–Trinajstić information content (AvgIpc) is 2.90. The zero-order chi connectivity index (χ0) is 15.4. The van der Waals surface area contributed by atoms with Crippen LogP contribution in [0.25, 0.3) is 0 Å². The minimum atomic E-state index is 0.535. The first-order valence-corrected chi connectivity index (χ1v) is 9.52. The molecule has 1 N–H and O–H groups in total. The largest absolute Gasteiger partial charge is 0.379 e. The Morgan fingerprint density at radius 1 is 1.36 bits per heavy atom. The van der Waals surface area contributed by atoms with Gasteiger partial charge in [-0.15, -0.1) is 11.3 Å². The van der Waals surface area contributed by atoms with Crippen LogP contribution in [-0.4, -0.2) is 48.8 Å². The highest BCUT2D eigenvalue weighted by Crippen LogP contribution is 2.38. The molecule has 0 aromatic carbocycles. The molecule has 22 heavy (non-hydrogen) atoms. The fraction of sp³-hybridized carbons (Fsp3) is 0.824. The van der Waals surface area contributed by atoms with Crippen molar-refractivity contribution in [2.45, 2.75) is 51.6 Å². The summed E-state index contributed by atoms with van der Waals surface area (Å²) in [5.74, 6) is 1.40. The third kappa shape index (κ3) is 4.28. The van der Waals surface area contributed by atoms with Crippen molar-refractivity contribution in [2.24, 2.45) is 5.92 Å². The van der Waals surface area contributed by atoms with Crippen LogP contribution in [0, 0.1) is 5.92 Å². The average molecular weight is 324 g/mol. The number of nitrogens with zero attached hydrogens (tertiary/aromatic N) is 2. The Labute approximate surface area is 138 Å². The van der Waals surface area contributed by atoms with Crippen LogP contribution >= 0.6 is 11.3 Å². The van der Waals surface area contributed by atoms with Gasteiger partial charge < -0.3 is 10.1 Å². The molecule has 1 saturated carbocycles. The molecule has 0 amide bonds. The molecule has 1 aromatic heterocycles. The van der Waals surface area contributed by atoms with Crippen LogP contribution in [0.2, 0.25) is 0 Å². The maximum Gasteiger partial charge on any atom is 0.0959 e. The van der Waals surface area contributed by atoms with Crippen molar-refractivity contribution < 1.29 is 4.74 Å². The van der Waals surface area contributed by atoms with Gasteiger partial charge in [-0.25, -0.2) is 4.98 Å². The Hall–Kier alpha value is -0.490. The minimum Gasteiger partial charge on any atom is -0.379 e. The molecule has 1 aliphatic carbocycles. The quantitative estimate of drug-likeness (QED) is 0.837. The lowest BCUT2D eigenvalue weighted by Crippen LogP contribution is -2.47. The maximum absolute atomic E-state index is 5.44. The van der Waals surface area contributed by atoms with Crippen molar-refractivity contribution in [3.63, 3.8) is 0 Å². The van der Waals surface area contributed by atoms with Crippen LogP contribution in [0.1, 0.15) is 48.9 Å². The second kappa shape index (κ2) is 7.86. The fourth-order valence-corrected chi connectivity index (χ4v) is 4.09. The van der Waals surface area contributed by atoms with Gasteiger partial charge >= 0.3 is 0 Å². The van der Waals surface area contributed by atoms with Crippen molar-refractivity contribution in [3.8, 4) is 0 Å². The normalized spacial score (nSPS) is 22.0. The predicted octanol–water partition coefficient (Wildman–Crippen LogP) is 2.86. The van der Waals surface area contributed by atoms with E-state index in [0.29, 0.717) is 12.0 Å². The van der Waals surface area contributed by atoms with Crippen molar-refractivity contribution in [2.75, 3.05) is 32.8 Å². The van der Waals surface area contributed by atoms with Gasteiger partial charge in [-0.2, -0.15) is 0 Å². The summed E-state index contributed by atoms with van der Waals surface area (Å²) in [6.07, 6.45) is 6.14. The number of nitrogens with one attached hydrogen (secondary N) is 1. The summed E-state index contributed by atoms with van der Waals surface area (Å²) in [6.45, 7) is 10.6.